The first kappa shape index (κ1) is 23.7. The fourth-order valence-electron chi connectivity index (χ4n) is 4.60. The molecule has 7 rings (SSSR count). The van der Waals surface area contributed by atoms with Crippen LogP contribution in [0.1, 0.15) is 56.3 Å². The molecule has 0 atom stereocenters. The fourth-order valence-corrected chi connectivity index (χ4v) is 5.62. The van der Waals surface area contributed by atoms with Crippen molar-refractivity contribution >= 4 is 43.5 Å². The van der Waals surface area contributed by atoms with Crippen LogP contribution in [0.25, 0.3) is 54.7 Å². The Labute approximate surface area is 279 Å². The van der Waals surface area contributed by atoms with Crippen LogP contribution >= 0.6 is 11.3 Å². The molecule has 4 heterocycles. The van der Waals surface area contributed by atoms with Crippen LogP contribution in [0.15, 0.2) is 77.5 Å². The number of aryl methyl sites for hydroxylation is 4. The maximum atomic E-state index is 7.28. The summed E-state index contributed by atoms with van der Waals surface area (Å²) in [6, 6.07) is 24.2. The number of rotatable bonds is 2. The molecule has 219 valence electrons. The summed E-state index contributed by atoms with van der Waals surface area (Å²) in [4.78, 5) is 13.6. The molecule has 0 amide bonds. The Morgan fingerprint density at radius 3 is 2.26 bits per heavy atom. The zero-order valence-corrected chi connectivity index (χ0v) is 27.6. The molecule has 0 saturated carbocycles. The van der Waals surface area contributed by atoms with Gasteiger partial charge in [-0.1, -0.05) is 68.4 Å². The number of hydrogen-bond acceptors (Lipinski definition) is 5. The van der Waals surface area contributed by atoms with Gasteiger partial charge in [0.05, 0.1) is 15.3 Å². The average Bonchev–Trinajstić information content (AvgIpc) is 3.64. The summed E-state index contributed by atoms with van der Waals surface area (Å²) in [5.41, 5.74) is 8.37. The van der Waals surface area contributed by atoms with Gasteiger partial charge in [-0.15, -0.1) is 64.9 Å². The Kier molecular flexibility index (Phi) is 6.69. The van der Waals surface area contributed by atoms with Gasteiger partial charge in [-0.25, -0.2) is 4.98 Å². The van der Waals surface area contributed by atoms with Gasteiger partial charge in [-0.05, 0) is 49.3 Å². The van der Waals surface area contributed by atoms with E-state index in [1.165, 1.54) is 35.5 Å². The van der Waals surface area contributed by atoms with Crippen LogP contribution in [0.5, 0.6) is 0 Å². The predicted octanol–water partition coefficient (Wildman–Crippen LogP) is 10.1. The van der Waals surface area contributed by atoms with Crippen molar-refractivity contribution in [3.63, 3.8) is 0 Å². The van der Waals surface area contributed by atoms with Crippen molar-refractivity contribution in [2.75, 3.05) is 0 Å². The Hall–Kier alpha value is -3.70. The second-order valence-corrected chi connectivity index (χ2v) is 12.4. The van der Waals surface area contributed by atoms with Gasteiger partial charge in [-0.2, -0.15) is 0 Å². The van der Waals surface area contributed by atoms with E-state index in [1.807, 2.05) is 12.3 Å². The summed E-state index contributed by atoms with van der Waals surface area (Å²) >= 11 is 1.74. The van der Waals surface area contributed by atoms with E-state index in [1.54, 1.807) is 23.5 Å². The minimum absolute atomic E-state index is 0. The predicted molar refractivity (Wildman–Crippen MR) is 175 cm³/mol. The molecule has 0 spiro atoms. The molecule has 0 aliphatic carbocycles. The number of fused-ring (bicyclic) bond motifs is 5. The Morgan fingerprint density at radius 2 is 1.58 bits per heavy atom. The average molecular weight is 766 g/mol. The van der Waals surface area contributed by atoms with E-state index in [4.69, 9.17) is 17.6 Å². The van der Waals surface area contributed by atoms with Crippen molar-refractivity contribution in [3.05, 3.63) is 112 Å². The van der Waals surface area contributed by atoms with E-state index in [0.29, 0.717) is 11.3 Å². The maximum absolute atomic E-state index is 7.28. The third-order valence-corrected chi connectivity index (χ3v) is 8.53. The second kappa shape index (κ2) is 12.1. The van der Waals surface area contributed by atoms with Gasteiger partial charge in [-0.3, -0.25) is 0 Å². The van der Waals surface area contributed by atoms with Crippen LogP contribution in [0.2, 0.25) is 0 Å². The van der Waals surface area contributed by atoms with E-state index < -0.39 is 13.7 Å². The zero-order valence-electron chi connectivity index (χ0n) is 30.4. The van der Waals surface area contributed by atoms with Gasteiger partial charge >= 0.3 is 0 Å². The third-order valence-electron chi connectivity index (χ3n) is 7.08. The van der Waals surface area contributed by atoms with Crippen molar-refractivity contribution in [2.24, 2.45) is 0 Å². The summed E-state index contributed by atoms with van der Waals surface area (Å²) in [6.45, 7) is 6.42. The van der Waals surface area contributed by atoms with Crippen molar-refractivity contribution < 1.29 is 32.7 Å². The quantitative estimate of drug-likeness (QED) is 0.165. The minimum Gasteiger partial charge on any atom is -0.498 e. The van der Waals surface area contributed by atoms with Crippen molar-refractivity contribution in [1.29, 1.82) is 0 Å². The number of aromatic nitrogens is 3. The molecule has 4 aromatic heterocycles. The molecule has 6 heteroatoms. The molecular formula is C37H33IrN3OS-2. The maximum Gasteiger partial charge on any atom is 0.148 e. The summed E-state index contributed by atoms with van der Waals surface area (Å²) in [7, 11) is 0. The van der Waals surface area contributed by atoms with Crippen LogP contribution < -0.4 is 0 Å². The Bertz CT molecular complexity index is 2210. The van der Waals surface area contributed by atoms with Crippen LogP contribution in [-0.2, 0) is 25.5 Å². The largest absolute Gasteiger partial charge is 0.498 e. The molecule has 0 aliphatic heterocycles. The van der Waals surface area contributed by atoms with E-state index in [-0.39, 0.29) is 36.6 Å². The molecule has 3 aromatic carbocycles. The summed E-state index contributed by atoms with van der Waals surface area (Å²) in [5.74, 6) is 0. The molecule has 0 bridgehead atoms. The molecule has 0 saturated heterocycles. The fraction of sp³-hybridized carbons (Fsp3) is 0.216. The first-order valence-corrected chi connectivity index (χ1v) is 14.4. The molecule has 0 aliphatic rings. The van der Waals surface area contributed by atoms with Gasteiger partial charge < -0.3 is 14.4 Å². The van der Waals surface area contributed by atoms with Crippen molar-refractivity contribution in [3.8, 4) is 22.5 Å². The molecular weight excluding hydrogens is 727 g/mol. The summed E-state index contributed by atoms with van der Waals surface area (Å²) in [5, 5.41) is 3.29. The number of hydrogen-bond donors (Lipinski definition) is 0. The van der Waals surface area contributed by atoms with Crippen LogP contribution in [0, 0.1) is 39.7 Å². The SMILES string of the molecule is Cc1cnc(-c2[c-]ccc3c2oc2c3ccc3sc(C(C)(C)C)nc32)cc1C.[2H]C([2H])([2H])c1c[c-]c(-c2ccc(C([2H])([2H])[2H])cn2)cc1.[Ir]. The first-order valence-electron chi connectivity index (χ1n) is 16.6. The smallest absolute Gasteiger partial charge is 0.148 e. The number of benzene rings is 3. The molecule has 4 nitrogen and oxygen atoms in total. The van der Waals surface area contributed by atoms with Gasteiger partial charge in [0.2, 0.25) is 0 Å². The normalized spacial score (nSPS) is 14.1. The number of pyridine rings is 2. The second-order valence-electron chi connectivity index (χ2n) is 11.3. The molecule has 1 radical (unpaired) electrons. The Morgan fingerprint density at radius 1 is 0.814 bits per heavy atom. The molecule has 0 N–H and O–H groups in total. The summed E-state index contributed by atoms with van der Waals surface area (Å²) < 4.78 is 51.2. The minimum atomic E-state index is -2.18. The van der Waals surface area contributed by atoms with Crippen LogP contribution in [-0.4, -0.2) is 15.0 Å². The van der Waals surface area contributed by atoms with Crippen molar-refractivity contribution in [1.82, 2.24) is 15.0 Å². The third kappa shape index (κ3) is 6.19. The Balaban J connectivity index is 0.000000199. The van der Waals surface area contributed by atoms with E-state index in [2.05, 4.69) is 81.0 Å². The van der Waals surface area contributed by atoms with Crippen LogP contribution in [0.3, 0.4) is 0 Å². The monoisotopic (exact) mass is 766 g/mol. The van der Waals surface area contributed by atoms with Gasteiger partial charge in [0.1, 0.15) is 11.1 Å². The summed E-state index contributed by atoms with van der Waals surface area (Å²) in [6.07, 6.45) is 3.21. The van der Waals surface area contributed by atoms with E-state index >= 15 is 0 Å². The first-order chi connectivity index (χ1) is 22.5. The van der Waals surface area contributed by atoms with E-state index in [0.717, 1.165) is 48.4 Å². The van der Waals surface area contributed by atoms with Gasteiger partial charge in [0, 0.05) is 51.5 Å². The van der Waals surface area contributed by atoms with Crippen LogP contribution in [0.4, 0.5) is 0 Å². The van der Waals surface area contributed by atoms with Crippen molar-refractivity contribution in [2.45, 2.75) is 53.7 Å². The molecule has 43 heavy (non-hydrogen) atoms. The number of furan rings is 1. The van der Waals surface area contributed by atoms with E-state index in [9.17, 15) is 0 Å². The molecule has 7 aromatic rings. The van der Waals surface area contributed by atoms with Gasteiger partial charge in [0.15, 0.2) is 0 Å². The van der Waals surface area contributed by atoms with Gasteiger partial charge in [0.25, 0.3) is 0 Å². The topological polar surface area (TPSA) is 51.8 Å². The standard InChI is InChI=1S/C24H21N2OS.C13H12N.Ir/c1-13-11-18(25-12-14(13)2)17-8-6-7-15-16-9-10-19-20(22(16)27-21(15)17)26-23(28-19)24(3,4)5;1-10-3-6-12(7-4-10)13-8-5-11(2)9-14-13;/h6-7,9-12H,1-5H3;3-6,8-9H,1-2H3;/q2*-1;/i;1D3,2D3;. The zero-order chi connectivity index (χ0) is 34.6. The molecule has 0 fully saturated rings. The number of nitrogens with zero attached hydrogens (tertiary/aromatic N) is 3. The number of thiazole rings is 1. The molecule has 0 unspecified atom stereocenters.